The standard InChI is InChI=1S/C16H25ClN2/c1-5-16(4)11-19(12(2)10-18-16)13(3)14-6-8-15(17)9-7-14/h6-9,12-13,18H,5,10-11H2,1-4H3. The maximum absolute atomic E-state index is 5.97. The number of piperazine rings is 1. The van der Waals surface area contributed by atoms with Crippen LogP contribution in [0.3, 0.4) is 0 Å². The number of rotatable bonds is 3. The van der Waals surface area contributed by atoms with E-state index in [2.05, 4.69) is 50.0 Å². The molecule has 3 heteroatoms. The second kappa shape index (κ2) is 5.82. The van der Waals surface area contributed by atoms with Crippen molar-refractivity contribution in [2.45, 2.75) is 51.7 Å². The van der Waals surface area contributed by atoms with Crippen molar-refractivity contribution >= 4 is 11.6 Å². The van der Waals surface area contributed by atoms with Gasteiger partial charge in [-0.15, -0.1) is 0 Å². The third-order valence-corrected chi connectivity index (χ3v) is 4.80. The lowest BCUT2D eigenvalue weighted by molar-refractivity contribution is 0.0597. The van der Waals surface area contributed by atoms with Crippen molar-refractivity contribution in [3.63, 3.8) is 0 Å². The van der Waals surface area contributed by atoms with Crippen LogP contribution in [0.5, 0.6) is 0 Å². The fourth-order valence-corrected chi connectivity index (χ4v) is 2.94. The van der Waals surface area contributed by atoms with Gasteiger partial charge in [-0.05, 0) is 44.9 Å². The van der Waals surface area contributed by atoms with E-state index in [0.717, 1.165) is 24.5 Å². The van der Waals surface area contributed by atoms with Crippen molar-refractivity contribution in [2.75, 3.05) is 13.1 Å². The van der Waals surface area contributed by atoms with Crippen molar-refractivity contribution in [2.24, 2.45) is 0 Å². The second-order valence-electron chi connectivity index (χ2n) is 6.04. The van der Waals surface area contributed by atoms with Crippen LogP contribution < -0.4 is 5.32 Å². The summed E-state index contributed by atoms with van der Waals surface area (Å²) in [6.45, 7) is 11.3. The summed E-state index contributed by atoms with van der Waals surface area (Å²) in [6.07, 6.45) is 1.16. The molecule has 106 valence electrons. The zero-order valence-electron chi connectivity index (χ0n) is 12.4. The Balaban J connectivity index is 2.16. The lowest BCUT2D eigenvalue weighted by Gasteiger charge is -2.47. The molecule has 1 fully saturated rings. The Hall–Kier alpha value is -0.570. The van der Waals surface area contributed by atoms with Crippen LogP contribution in [0, 0.1) is 0 Å². The lowest BCUT2D eigenvalue weighted by Crippen LogP contribution is -2.62. The maximum atomic E-state index is 5.97. The zero-order valence-corrected chi connectivity index (χ0v) is 13.2. The van der Waals surface area contributed by atoms with Gasteiger partial charge in [-0.25, -0.2) is 0 Å². The van der Waals surface area contributed by atoms with Crippen LogP contribution in [-0.2, 0) is 0 Å². The van der Waals surface area contributed by atoms with Crippen LogP contribution in [-0.4, -0.2) is 29.6 Å². The van der Waals surface area contributed by atoms with E-state index < -0.39 is 0 Å². The molecule has 1 aliphatic rings. The Labute approximate surface area is 122 Å². The van der Waals surface area contributed by atoms with Gasteiger partial charge in [0.1, 0.15) is 0 Å². The molecule has 0 radical (unpaired) electrons. The lowest BCUT2D eigenvalue weighted by atomic mass is 9.91. The normalized spacial score (nSPS) is 30.3. The maximum Gasteiger partial charge on any atom is 0.0406 e. The number of hydrogen-bond acceptors (Lipinski definition) is 2. The highest BCUT2D eigenvalue weighted by molar-refractivity contribution is 6.30. The number of nitrogens with one attached hydrogen (secondary N) is 1. The van der Waals surface area contributed by atoms with Crippen molar-refractivity contribution in [1.82, 2.24) is 10.2 Å². The fraction of sp³-hybridized carbons (Fsp3) is 0.625. The first-order valence-corrected chi connectivity index (χ1v) is 7.59. The molecule has 19 heavy (non-hydrogen) atoms. The molecule has 0 spiro atoms. The molecule has 2 rings (SSSR count). The molecular weight excluding hydrogens is 256 g/mol. The van der Waals surface area contributed by atoms with Gasteiger partial charge in [-0.1, -0.05) is 30.7 Å². The highest BCUT2D eigenvalue weighted by Crippen LogP contribution is 2.29. The first-order chi connectivity index (χ1) is 8.95. The number of benzene rings is 1. The van der Waals surface area contributed by atoms with E-state index in [9.17, 15) is 0 Å². The average Bonchev–Trinajstić information content (AvgIpc) is 2.42. The van der Waals surface area contributed by atoms with Gasteiger partial charge < -0.3 is 5.32 Å². The molecule has 1 aromatic carbocycles. The summed E-state index contributed by atoms with van der Waals surface area (Å²) in [4.78, 5) is 2.60. The molecule has 2 nitrogen and oxygen atoms in total. The van der Waals surface area contributed by atoms with Gasteiger partial charge in [0.25, 0.3) is 0 Å². The van der Waals surface area contributed by atoms with Gasteiger partial charge in [0.2, 0.25) is 0 Å². The molecule has 3 unspecified atom stereocenters. The highest BCUT2D eigenvalue weighted by Gasteiger charge is 2.35. The topological polar surface area (TPSA) is 15.3 Å². The SMILES string of the molecule is CCC1(C)CN(C(C)c2ccc(Cl)cc2)C(C)CN1. The molecule has 0 aromatic heterocycles. The van der Waals surface area contributed by atoms with Crippen LogP contribution >= 0.6 is 11.6 Å². The third-order valence-electron chi connectivity index (χ3n) is 4.55. The summed E-state index contributed by atoms with van der Waals surface area (Å²) in [5.41, 5.74) is 1.57. The van der Waals surface area contributed by atoms with E-state index >= 15 is 0 Å². The molecule has 0 amide bonds. The highest BCUT2D eigenvalue weighted by atomic mass is 35.5. The van der Waals surface area contributed by atoms with E-state index in [1.807, 2.05) is 12.1 Å². The van der Waals surface area contributed by atoms with Crippen LogP contribution in [0.2, 0.25) is 5.02 Å². The molecule has 1 heterocycles. The van der Waals surface area contributed by atoms with Crippen LogP contribution in [0.15, 0.2) is 24.3 Å². The molecule has 1 N–H and O–H groups in total. The van der Waals surface area contributed by atoms with Crippen molar-refractivity contribution in [3.05, 3.63) is 34.9 Å². The van der Waals surface area contributed by atoms with Gasteiger partial charge in [0, 0.05) is 35.7 Å². The molecule has 1 aliphatic heterocycles. The van der Waals surface area contributed by atoms with Crippen LogP contribution in [0.4, 0.5) is 0 Å². The summed E-state index contributed by atoms with van der Waals surface area (Å²) in [5, 5.41) is 4.49. The summed E-state index contributed by atoms with van der Waals surface area (Å²) in [7, 11) is 0. The molecule has 0 aliphatic carbocycles. The van der Waals surface area contributed by atoms with Gasteiger partial charge in [-0.2, -0.15) is 0 Å². The zero-order chi connectivity index (χ0) is 14.0. The minimum absolute atomic E-state index is 0.229. The molecule has 1 aromatic rings. The smallest absolute Gasteiger partial charge is 0.0406 e. The predicted octanol–water partition coefficient (Wildman–Crippen LogP) is 3.86. The van der Waals surface area contributed by atoms with Crippen LogP contribution in [0.25, 0.3) is 0 Å². The Morgan fingerprint density at radius 2 is 2.05 bits per heavy atom. The van der Waals surface area contributed by atoms with Crippen molar-refractivity contribution in [3.8, 4) is 0 Å². The molecule has 0 bridgehead atoms. The summed E-state index contributed by atoms with van der Waals surface area (Å²) in [5.74, 6) is 0. The molecule has 0 saturated carbocycles. The van der Waals surface area contributed by atoms with Crippen LogP contribution in [0.1, 0.15) is 45.7 Å². The molecule has 1 saturated heterocycles. The van der Waals surface area contributed by atoms with E-state index in [1.165, 1.54) is 5.56 Å². The fourth-order valence-electron chi connectivity index (χ4n) is 2.81. The van der Waals surface area contributed by atoms with Gasteiger partial charge in [0.15, 0.2) is 0 Å². The summed E-state index contributed by atoms with van der Waals surface area (Å²) < 4.78 is 0. The first kappa shape index (κ1) is 14.8. The van der Waals surface area contributed by atoms with Crippen molar-refractivity contribution in [1.29, 1.82) is 0 Å². The Kier molecular flexibility index (Phi) is 4.54. The summed E-state index contributed by atoms with van der Waals surface area (Å²) >= 11 is 5.97. The second-order valence-corrected chi connectivity index (χ2v) is 6.48. The van der Waals surface area contributed by atoms with E-state index in [-0.39, 0.29) is 5.54 Å². The number of hydrogen-bond donors (Lipinski definition) is 1. The van der Waals surface area contributed by atoms with E-state index in [0.29, 0.717) is 12.1 Å². The monoisotopic (exact) mass is 280 g/mol. The van der Waals surface area contributed by atoms with E-state index in [4.69, 9.17) is 11.6 Å². The Morgan fingerprint density at radius 1 is 1.42 bits per heavy atom. The molecular formula is C16H25ClN2. The first-order valence-electron chi connectivity index (χ1n) is 7.21. The minimum Gasteiger partial charge on any atom is -0.309 e. The van der Waals surface area contributed by atoms with Gasteiger partial charge >= 0.3 is 0 Å². The van der Waals surface area contributed by atoms with Gasteiger partial charge in [-0.3, -0.25) is 4.90 Å². The number of nitrogens with zero attached hydrogens (tertiary/aromatic N) is 1. The largest absolute Gasteiger partial charge is 0.309 e. The Bertz CT molecular complexity index is 417. The quantitative estimate of drug-likeness (QED) is 0.904. The Morgan fingerprint density at radius 3 is 2.63 bits per heavy atom. The third kappa shape index (κ3) is 3.31. The number of halogens is 1. The predicted molar refractivity (Wildman–Crippen MR) is 82.7 cm³/mol. The van der Waals surface area contributed by atoms with Crippen molar-refractivity contribution < 1.29 is 0 Å². The summed E-state index contributed by atoms with van der Waals surface area (Å²) in [6, 6.07) is 9.25. The van der Waals surface area contributed by atoms with Gasteiger partial charge in [0.05, 0.1) is 0 Å². The molecule has 3 atom stereocenters. The average molecular weight is 281 g/mol. The van der Waals surface area contributed by atoms with E-state index in [1.54, 1.807) is 0 Å². The minimum atomic E-state index is 0.229.